The van der Waals surface area contributed by atoms with Crippen molar-refractivity contribution in [1.29, 1.82) is 0 Å². The molecule has 2 rings (SSSR count). The summed E-state index contributed by atoms with van der Waals surface area (Å²) in [5.74, 6) is 3.20. The maximum absolute atomic E-state index is 14.2. The lowest BCUT2D eigenvalue weighted by Crippen LogP contribution is -2.60. The third-order valence-electron chi connectivity index (χ3n) is 9.16. The fourth-order valence-electron chi connectivity index (χ4n) is 6.73. The minimum absolute atomic E-state index is 0.0207. The van der Waals surface area contributed by atoms with Gasteiger partial charge in [-0.1, -0.05) is 47.0 Å². The molecule has 0 aromatic carbocycles. The van der Waals surface area contributed by atoms with Crippen LogP contribution in [0.15, 0.2) is 18.4 Å². The van der Waals surface area contributed by atoms with Crippen molar-refractivity contribution < 1.29 is 22.8 Å². The second-order valence-electron chi connectivity index (χ2n) is 18.1. The van der Waals surface area contributed by atoms with Gasteiger partial charge in [0.15, 0.2) is 30.6 Å². The van der Waals surface area contributed by atoms with E-state index in [4.69, 9.17) is 18.0 Å². The van der Waals surface area contributed by atoms with E-state index >= 15 is 0 Å². The highest BCUT2D eigenvalue weighted by atomic mass is 28.4. The fourth-order valence-corrected chi connectivity index (χ4v) is 11.6. The average Bonchev–Trinajstić information content (AvgIpc) is 2.84. The van der Waals surface area contributed by atoms with Gasteiger partial charge in [-0.25, -0.2) is 4.79 Å². The lowest BCUT2D eigenvalue weighted by Gasteiger charge is -2.51. The zero-order valence-corrected chi connectivity index (χ0v) is 34.6. The summed E-state index contributed by atoms with van der Waals surface area (Å²) in [6.45, 7) is 39.6. The minimum Gasteiger partial charge on any atom is -0.457 e. The first kappa shape index (κ1) is 38.5. The normalized spacial score (nSPS) is 29.0. The summed E-state index contributed by atoms with van der Waals surface area (Å²) in [4.78, 5) is 14.2. The Bertz CT molecular complexity index is 1120. The lowest BCUT2D eigenvalue weighted by molar-refractivity contribution is -0.163. The van der Waals surface area contributed by atoms with Gasteiger partial charge in [-0.05, 0) is 96.6 Å². The third kappa shape index (κ3) is 9.65. The van der Waals surface area contributed by atoms with Gasteiger partial charge in [-0.3, -0.25) is 0 Å². The van der Waals surface area contributed by atoms with Gasteiger partial charge in [0.2, 0.25) is 0 Å². The van der Waals surface area contributed by atoms with E-state index in [0.717, 1.165) is 12.8 Å². The molecule has 1 aliphatic heterocycles. The van der Waals surface area contributed by atoms with Crippen molar-refractivity contribution in [2.75, 3.05) is 0 Å². The maximum atomic E-state index is 14.2. The van der Waals surface area contributed by atoms with Crippen molar-refractivity contribution in [1.82, 2.24) is 0 Å². The van der Waals surface area contributed by atoms with Crippen molar-refractivity contribution in [3.63, 3.8) is 0 Å². The predicted molar refractivity (Wildman–Crippen MR) is 191 cm³/mol. The highest BCUT2D eigenvalue weighted by molar-refractivity contribution is 6.83. The molecule has 0 spiro atoms. The van der Waals surface area contributed by atoms with Crippen LogP contribution >= 0.6 is 0 Å². The highest BCUT2D eigenvalue weighted by Crippen LogP contribution is 2.57. The molecule has 0 aromatic heterocycles. The summed E-state index contributed by atoms with van der Waals surface area (Å²) in [6.07, 6.45) is 5.24. The van der Waals surface area contributed by atoms with Gasteiger partial charge in [-0.2, -0.15) is 0 Å². The highest BCUT2D eigenvalue weighted by Gasteiger charge is 2.68. The Morgan fingerprint density at radius 1 is 0.977 bits per heavy atom. The van der Waals surface area contributed by atoms with Crippen LogP contribution in [0, 0.1) is 23.3 Å². The van der Waals surface area contributed by atoms with Crippen LogP contribution < -0.4 is 0 Å². The van der Waals surface area contributed by atoms with E-state index in [-0.39, 0.29) is 28.9 Å². The first-order valence-electron chi connectivity index (χ1n) is 16.3. The number of carbonyl (C=O) groups excluding carboxylic acids is 1. The molecule has 5 nitrogen and oxygen atoms in total. The number of hydrogen-bond acceptors (Lipinski definition) is 5. The quantitative estimate of drug-likeness (QED) is 0.101. The first-order chi connectivity index (χ1) is 19.1. The Labute approximate surface area is 269 Å². The number of ether oxygens (including phenoxy) is 1. The van der Waals surface area contributed by atoms with Crippen LogP contribution in [-0.4, -0.2) is 61.9 Å². The number of carbonyl (C=O) groups is 1. The molecule has 5 atom stereocenters. The molecular formula is C34H64O5Si4. The van der Waals surface area contributed by atoms with Gasteiger partial charge in [-0.15, -0.1) is 17.2 Å². The summed E-state index contributed by atoms with van der Waals surface area (Å²) in [5, 5.41) is 0.0283. The largest absolute Gasteiger partial charge is 0.457 e. The fraction of sp³-hybridized carbons (Fsp3) is 0.824. The molecule has 2 aliphatic rings. The molecule has 9 heteroatoms. The van der Waals surface area contributed by atoms with Crippen LogP contribution in [0.1, 0.15) is 66.7 Å². The second kappa shape index (κ2) is 12.8. The van der Waals surface area contributed by atoms with Crippen molar-refractivity contribution in [2.24, 2.45) is 11.8 Å². The summed E-state index contributed by atoms with van der Waals surface area (Å²) in [6, 6.07) is 0. The SMILES string of the molecule is C=C=CC(O[Si](C)(C)C(C)(C)C)C1CCC2C(C)(C)OC(=O)C2(O[Si](C)(C)C)CC1(CCC#C[Si](C)(C)C)O[Si](C)(C)C. The van der Waals surface area contributed by atoms with Crippen LogP contribution in [0.4, 0.5) is 0 Å². The van der Waals surface area contributed by atoms with Crippen LogP contribution in [0.25, 0.3) is 0 Å². The molecule has 1 aliphatic carbocycles. The van der Waals surface area contributed by atoms with E-state index in [9.17, 15) is 4.79 Å². The molecule has 1 heterocycles. The molecular weight excluding hydrogens is 601 g/mol. The Kier molecular flexibility index (Phi) is 11.5. The monoisotopic (exact) mass is 664 g/mol. The molecule has 0 radical (unpaired) electrons. The van der Waals surface area contributed by atoms with Gasteiger partial charge in [0.1, 0.15) is 13.7 Å². The molecule has 5 unspecified atom stereocenters. The van der Waals surface area contributed by atoms with E-state index in [1.807, 2.05) is 6.08 Å². The molecule has 2 fully saturated rings. The van der Waals surface area contributed by atoms with Gasteiger partial charge in [0.05, 0.1) is 11.7 Å². The summed E-state index contributed by atoms with van der Waals surface area (Å²) in [5.41, 5.74) is 4.27. The van der Waals surface area contributed by atoms with Crippen molar-refractivity contribution >= 4 is 39.0 Å². The summed E-state index contributed by atoms with van der Waals surface area (Å²) >= 11 is 0. The van der Waals surface area contributed by atoms with E-state index in [1.54, 1.807) is 0 Å². The molecule has 0 bridgehead atoms. The van der Waals surface area contributed by atoms with Crippen molar-refractivity contribution in [2.45, 2.75) is 167 Å². The molecule has 0 amide bonds. The van der Waals surface area contributed by atoms with E-state index in [0.29, 0.717) is 19.3 Å². The number of hydrogen-bond donors (Lipinski definition) is 0. The number of rotatable bonds is 10. The topological polar surface area (TPSA) is 54.0 Å². The number of esters is 1. The van der Waals surface area contributed by atoms with Gasteiger partial charge < -0.3 is 18.0 Å². The average molecular weight is 665 g/mol. The third-order valence-corrected chi connectivity index (χ3v) is 16.6. The molecule has 0 aromatic rings. The lowest BCUT2D eigenvalue weighted by atomic mass is 9.72. The Morgan fingerprint density at radius 2 is 1.53 bits per heavy atom. The van der Waals surface area contributed by atoms with E-state index in [1.165, 1.54) is 0 Å². The zero-order chi connectivity index (χ0) is 33.5. The minimum atomic E-state index is -2.20. The van der Waals surface area contributed by atoms with Crippen LogP contribution in [0.2, 0.25) is 77.1 Å². The number of cyclic esters (lactones) is 1. The van der Waals surface area contributed by atoms with Crippen molar-refractivity contribution in [3.05, 3.63) is 18.4 Å². The zero-order valence-electron chi connectivity index (χ0n) is 30.6. The molecule has 43 heavy (non-hydrogen) atoms. The van der Waals surface area contributed by atoms with Crippen LogP contribution in [0.3, 0.4) is 0 Å². The van der Waals surface area contributed by atoms with Gasteiger partial charge >= 0.3 is 5.97 Å². The van der Waals surface area contributed by atoms with Crippen LogP contribution in [-0.2, 0) is 22.8 Å². The Morgan fingerprint density at radius 3 is 2.00 bits per heavy atom. The second-order valence-corrected chi connectivity index (χ2v) is 36.4. The summed E-state index contributed by atoms with van der Waals surface area (Å²) in [7, 11) is -8.12. The first-order valence-corrected chi connectivity index (χ1v) is 29.5. The Hall–Kier alpha value is -0.702. The maximum Gasteiger partial charge on any atom is 0.338 e. The molecule has 1 saturated carbocycles. The van der Waals surface area contributed by atoms with Gasteiger partial charge in [0.25, 0.3) is 0 Å². The standard InChI is InChI=1S/C34H64O5Si4/c1-18-21-28(37-43(16,17)31(2,3)4)27-22-23-29-32(5,6)36-30(35)34(29,39-42(13,14)15)26-33(27,38-41(10,11)12)24-19-20-25-40(7,8)9/h21,27-29H,1,19,22-24,26H2,2-17H3. The predicted octanol–water partition coefficient (Wildman–Crippen LogP) is 9.31. The smallest absolute Gasteiger partial charge is 0.338 e. The molecule has 0 N–H and O–H groups in total. The van der Waals surface area contributed by atoms with Crippen LogP contribution in [0.5, 0.6) is 0 Å². The van der Waals surface area contributed by atoms with E-state index < -0.39 is 49.8 Å². The Balaban J connectivity index is 2.92. The van der Waals surface area contributed by atoms with Gasteiger partial charge in [0, 0.05) is 24.7 Å². The molecule has 246 valence electrons. The van der Waals surface area contributed by atoms with Crippen molar-refractivity contribution in [3.8, 4) is 11.5 Å². The van der Waals surface area contributed by atoms with E-state index in [2.05, 4.69) is 130 Å². The number of fused-ring (bicyclic) bond motifs is 1. The summed E-state index contributed by atoms with van der Waals surface area (Å²) < 4.78 is 28.0. The molecule has 1 saturated heterocycles.